The van der Waals surface area contributed by atoms with Gasteiger partial charge in [-0.25, -0.2) is 4.98 Å². The van der Waals surface area contributed by atoms with Gasteiger partial charge in [-0.15, -0.1) is 54.1 Å². The maximum absolute atomic E-state index is 8.87. The van der Waals surface area contributed by atoms with Gasteiger partial charge in [0, 0.05) is 60.0 Å². The predicted octanol–water partition coefficient (Wildman–Crippen LogP) is 10.4. The van der Waals surface area contributed by atoms with Crippen LogP contribution in [0.15, 0.2) is 114 Å². The van der Waals surface area contributed by atoms with Crippen LogP contribution in [0.2, 0.25) is 0 Å². The largest absolute Gasteiger partial charge is 0.486 e. The third kappa shape index (κ3) is 8.68. The Bertz CT molecular complexity index is 2550. The van der Waals surface area contributed by atoms with E-state index in [1.54, 1.807) is 57.2 Å². The summed E-state index contributed by atoms with van der Waals surface area (Å²) in [5, 5.41) is 1.26. The van der Waals surface area contributed by atoms with Gasteiger partial charge in [0.15, 0.2) is 0 Å². The molecular formula is C42H39IrN3O-2. The molecule has 239 valence electrons. The molecule has 0 saturated carbocycles. The second kappa shape index (κ2) is 15.0. The Morgan fingerprint density at radius 3 is 2.32 bits per heavy atom. The first kappa shape index (κ1) is 21.4. The second-order valence-corrected chi connectivity index (χ2v) is 11.6. The third-order valence-corrected chi connectivity index (χ3v) is 6.82. The Kier molecular flexibility index (Phi) is 6.83. The van der Waals surface area contributed by atoms with Crippen LogP contribution in [0.3, 0.4) is 0 Å². The molecule has 0 aliphatic heterocycles. The molecule has 7 rings (SSSR count). The topological polar surface area (TPSA) is 51.8 Å². The molecule has 0 N–H and O–H groups in total. The summed E-state index contributed by atoms with van der Waals surface area (Å²) in [6, 6.07) is 32.1. The summed E-state index contributed by atoms with van der Waals surface area (Å²) in [7, 11) is 0. The minimum absolute atomic E-state index is 0. The fraction of sp³-hybridized carbons (Fsp3) is 0.214. The number of hydrogen-bond donors (Lipinski definition) is 0. The number of rotatable bonds is 6. The molecule has 0 aliphatic rings. The molecule has 7 aromatic rings. The van der Waals surface area contributed by atoms with E-state index < -0.39 is 38.2 Å². The minimum Gasteiger partial charge on any atom is -0.486 e. The van der Waals surface area contributed by atoms with E-state index in [0.29, 0.717) is 33.2 Å². The molecule has 0 aliphatic carbocycles. The van der Waals surface area contributed by atoms with Gasteiger partial charge in [-0.2, -0.15) is 0 Å². The summed E-state index contributed by atoms with van der Waals surface area (Å²) in [6.45, 7) is 0.864. The molecule has 4 nitrogen and oxygen atoms in total. The Balaban J connectivity index is 0.000000326. The van der Waals surface area contributed by atoms with Crippen molar-refractivity contribution >= 4 is 22.1 Å². The summed E-state index contributed by atoms with van der Waals surface area (Å²) in [5.74, 6) is 0. The first-order valence-electron chi connectivity index (χ1n) is 20.7. The summed E-state index contributed by atoms with van der Waals surface area (Å²) in [4.78, 5) is 12.7. The molecule has 5 heteroatoms. The van der Waals surface area contributed by atoms with Crippen LogP contribution in [0.5, 0.6) is 0 Å². The first-order valence-corrected chi connectivity index (χ1v) is 14.7. The molecule has 47 heavy (non-hydrogen) atoms. The van der Waals surface area contributed by atoms with Gasteiger partial charge in [-0.05, 0) is 84.5 Å². The summed E-state index contributed by atoms with van der Waals surface area (Å²) in [5.41, 5.74) is 2.73. The van der Waals surface area contributed by atoms with Crippen molar-refractivity contribution in [2.75, 3.05) is 0 Å². The van der Waals surface area contributed by atoms with Gasteiger partial charge >= 0.3 is 0 Å². The van der Waals surface area contributed by atoms with Gasteiger partial charge in [0.1, 0.15) is 0 Å². The number of benzene rings is 3. The van der Waals surface area contributed by atoms with E-state index in [1.807, 2.05) is 18.2 Å². The van der Waals surface area contributed by atoms with E-state index in [2.05, 4.69) is 27.1 Å². The minimum atomic E-state index is -2.51. The van der Waals surface area contributed by atoms with Crippen molar-refractivity contribution in [1.82, 2.24) is 15.0 Å². The van der Waals surface area contributed by atoms with Crippen LogP contribution >= 0.6 is 0 Å². The smallest absolute Gasteiger partial charge is 0.216 e. The van der Waals surface area contributed by atoms with Crippen molar-refractivity contribution < 1.29 is 41.0 Å². The Morgan fingerprint density at radius 1 is 0.766 bits per heavy atom. The van der Waals surface area contributed by atoms with Crippen molar-refractivity contribution in [2.24, 2.45) is 5.41 Å². The van der Waals surface area contributed by atoms with E-state index in [4.69, 9.17) is 20.9 Å². The zero-order chi connectivity index (χ0) is 42.5. The molecule has 4 aromatic heterocycles. The molecule has 0 unspecified atom stereocenters. The maximum Gasteiger partial charge on any atom is 0.216 e. The number of pyridine rings is 3. The molecule has 1 radical (unpaired) electrons. The normalized spacial score (nSPS) is 16.4. The Morgan fingerprint density at radius 2 is 1.60 bits per heavy atom. The zero-order valence-electron chi connectivity index (χ0n) is 38.0. The fourth-order valence-electron chi connectivity index (χ4n) is 4.78. The molecule has 0 bridgehead atoms. The second-order valence-electron chi connectivity index (χ2n) is 11.6. The third-order valence-electron chi connectivity index (χ3n) is 6.82. The molecule has 0 spiro atoms. The molecule has 0 atom stereocenters. The first-order chi connectivity index (χ1) is 26.9. The summed E-state index contributed by atoms with van der Waals surface area (Å²) >= 11 is 0. The standard InChI is InChI=1S/C30H29N2O.C12H10N.Ir/c1-20-8-15-25-24-6-5-7-26(28(24)33-29(25)32-20)27-18-22(16-17-31-27)12-9-21-10-13-23(14-11-21)19-30(2,3)4;1-10-7-8-12(13-9-10)11-5-3-2-4-6-11;/h5-6,8,10-11,13-18H,9,12,19H2,1-4H3;2-5,7-9H,1H3;/q2*-1;/i1D3,9D2,12D2,19D2;1D3;. The van der Waals surface area contributed by atoms with Crippen LogP contribution in [-0.4, -0.2) is 15.0 Å². The average Bonchev–Trinajstić information content (AvgIpc) is 3.56. The fourth-order valence-corrected chi connectivity index (χ4v) is 4.78. The molecule has 3 aromatic carbocycles. The maximum atomic E-state index is 8.87. The van der Waals surface area contributed by atoms with E-state index in [-0.39, 0.29) is 48.2 Å². The molecule has 0 saturated heterocycles. The average molecular weight is 806 g/mol. The Labute approximate surface area is 308 Å². The van der Waals surface area contributed by atoms with E-state index in [0.717, 1.165) is 11.3 Å². The molecule has 4 heterocycles. The summed E-state index contributed by atoms with van der Waals surface area (Å²) < 4.78 is 103. The van der Waals surface area contributed by atoms with Crippen LogP contribution in [0.1, 0.15) is 65.2 Å². The van der Waals surface area contributed by atoms with E-state index in [1.165, 1.54) is 54.9 Å². The van der Waals surface area contributed by atoms with Crippen molar-refractivity contribution in [1.29, 1.82) is 0 Å². The van der Waals surface area contributed by atoms with Crippen molar-refractivity contribution in [3.05, 3.63) is 150 Å². The van der Waals surface area contributed by atoms with E-state index >= 15 is 0 Å². The van der Waals surface area contributed by atoms with Gasteiger partial charge in [-0.3, -0.25) is 0 Å². The molecular weight excluding hydrogens is 755 g/mol. The number of hydrogen-bond acceptors (Lipinski definition) is 4. The van der Waals surface area contributed by atoms with Crippen LogP contribution in [0, 0.1) is 31.3 Å². The van der Waals surface area contributed by atoms with Crippen LogP contribution in [0.25, 0.3) is 44.6 Å². The number of aromatic nitrogens is 3. The zero-order valence-corrected chi connectivity index (χ0v) is 28.4. The van der Waals surface area contributed by atoms with E-state index in [9.17, 15) is 0 Å². The number of furan rings is 1. The number of aryl methyl sites for hydroxylation is 4. The van der Waals surface area contributed by atoms with Gasteiger partial charge in [0.2, 0.25) is 5.71 Å². The number of fused-ring (bicyclic) bond motifs is 3. The van der Waals surface area contributed by atoms with Gasteiger partial charge < -0.3 is 14.4 Å². The molecule has 0 amide bonds. The van der Waals surface area contributed by atoms with Crippen molar-refractivity contribution in [2.45, 2.75) is 53.6 Å². The van der Waals surface area contributed by atoms with Crippen molar-refractivity contribution in [3.8, 4) is 22.5 Å². The van der Waals surface area contributed by atoms with Gasteiger partial charge in [0.25, 0.3) is 0 Å². The molecule has 0 fully saturated rings. The SMILES string of the molecule is [2H]C([2H])([2H])c1ccc(-c2[c-]cccc2)nc1.[2H]C([2H])([2H])c1ccc2c(n1)oc1c(-c3cc(C([2H])([2H])C([2H])([2H])c4ccc(C([2H])([2H])C(C)(C)C)cc4)ccn3)[c-]ccc12.[Ir]. The predicted molar refractivity (Wildman–Crippen MR) is 189 cm³/mol. The van der Waals surface area contributed by atoms with Crippen LogP contribution in [0.4, 0.5) is 0 Å². The number of nitrogens with zero attached hydrogens (tertiary/aromatic N) is 3. The monoisotopic (exact) mass is 806 g/mol. The van der Waals surface area contributed by atoms with Crippen LogP contribution < -0.4 is 0 Å². The van der Waals surface area contributed by atoms with Gasteiger partial charge in [0.05, 0.1) is 5.58 Å². The quantitative estimate of drug-likeness (QED) is 0.157. The van der Waals surface area contributed by atoms with Crippen LogP contribution in [-0.2, 0) is 39.2 Å². The Hall–Kier alpha value is -4.44. The van der Waals surface area contributed by atoms with Gasteiger partial charge in [-0.1, -0.05) is 79.7 Å². The summed E-state index contributed by atoms with van der Waals surface area (Å²) in [6.07, 6.45) is -3.88. The van der Waals surface area contributed by atoms with Crippen molar-refractivity contribution in [3.63, 3.8) is 0 Å².